The molecule has 0 aliphatic carbocycles. The van der Waals surface area contributed by atoms with Gasteiger partial charge in [-0.3, -0.25) is 14.7 Å². The van der Waals surface area contributed by atoms with Crippen LogP contribution < -0.4 is 221 Å². The Labute approximate surface area is 365 Å². The van der Waals surface area contributed by atoms with Gasteiger partial charge in [-0.15, -0.1) is 23.8 Å². The van der Waals surface area contributed by atoms with Crippen LogP contribution in [-0.4, -0.2) is 112 Å². The first-order chi connectivity index (χ1) is 15.2. The second-order valence-corrected chi connectivity index (χ2v) is 12.0. The molecule has 1 heterocycles. The molecule has 0 aromatic carbocycles. The smallest absolute Gasteiger partial charge is 0.687 e. The minimum Gasteiger partial charge on any atom is -0.687 e. The van der Waals surface area contributed by atoms with Crippen molar-refractivity contribution in [2.24, 2.45) is 0 Å². The van der Waals surface area contributed by atoms with Crippen LogP contribution in [0.2, 0.25) is 0 Å². The Balaban J connectivity index is -0.000000454. The topological polar surface area (TPSA) is 245 Å². The van der Waals surface area contributed by atoms with E-state index in [9.17, 15) is 44.0 Å². The summed E-state index contributed by atoms with van der Waals surface area (Å²) in [6.45, 7) is 0.816. The number of ether oxygens (including phenoxy) is 3. The molecule has 198 valence electrons. The standard InChI is InChI=1S/C15H36N3O12P3.6Na/c19-31(20,21)13-16-1-7-28-9-3-17(14-32(22,23)24)5-11-30-12-6-18(15-33(25,26)27)4-10-29-8-2-16;;;;;;/h1-15H2,(H2,19,20,21)(H2,22,23,24)(H2,25,26,27);;;;;;/q;6*+1/p-6. The van der Waals surface area contributed by atoms with Crippen LogP contribution >= 0.6 is 23.8 Å². The molecule has 0 aromatic heterocycles. The van der Waals surface area contributed by atoms with E-state index in [0.29, 0.717) is 0 Å². The van der Waals surface area contributed by atoms with E-state index in [-0.39, 0.29) is 256 Å². The zero-order chi connectivity index (χ0) is 25.0. The van der Waals surface area contributed by atoms with E-state index in [0.717, 1.165) is 0 Å². The van der Waals surface area contributed by atoms with Crippen LogP contribution in [0.15, 0.2) is 0 Å². The van der Waals surface area contributed by atoms with Crippen molar-refractivity contribution in [2.75, 3.05) is 97.8 Å². The molecule has 0 saturated carbocycles. The molecule has 0 spiro atoms. The van der Waals surface area contributed by atoms with Gasteiger partial charge in [0, 0.05) is 39.3 Å². The summed E-state index contributed by atoms with van der Waals surface area (Å²) in [7, 11) is -14.5. The van der Waals surface area contributed by atoms with Gasteiger partial charge in [-0.1, -0.05) is 0 Å². The molecule has 24 heteroatoms. The van der Waals surface area contributed by atoms with Crippen molar-refractivity contribution in [2.45, 2.75) is 0 Å². The van der Waals surface area contributed by atoms with Crippen molar-refractivity contribution in [1.29, 1.82) is 0 Å². The summed E-state index contributed by atoms with van der Waals surface area (Å²) in [6.07, 6.45) is -2.21. The zero-order valence-electron chi connectivity index (χ0n) is 24.2. The molecule has 1 rings (SSSR count). The van der Waals surface area contributed by atoms with Gasteiger partial charge in [0.05, 0.1) is 58.5 Å². The SMILES string of the molecule is [Na+].[Na+].[Na+].[Na+].[Na+].[Na+].[O-][P+]([O-])([O-])CN1CCOCCN(C[P+]([O-])([O-])[O-])CCOCCN(C[P+]([O-])([O-])[O-])CCOCC1. The van der Waals surface area contributed by atoms with Crippen LogP contribution in [0.1, 0.15) is 0 Å². The van der Waals surface area contributed by atoms with E-state index >= 15 is 0 Å². The maximum absolute atomic E-state index is 11.1. The fourth-order valence-electron chi connectivity index (χ4n) is 2.96. The second kappa shape index (κ2) is 31.9. The van der Waals surface area contributed by atoms with Crippen molar-refractivity contribution in [3.8, 4) is 0 Å². The summed E-state index contributed by atoms with van der Waals surface area (Å²) in [5.41, 5.74) is 0. The number of rotatable bonds is 6. The molecule has 0 unspecified atom stereocenters. The first-order valence-corrected chi connectivity index (χ1v) is 15.4. The Morgan fingerprint density at radius 2 is 0.513 bits per heavy atom. The molecule has 0 bridgehead atoms. The van der Waals surface area contributed by atoms with Gasteiger partial charge in [0.15, 0.2) is 0 Å². The first kappa shape index (κ1) is 57.9. The summed E-state index contributed by atoms with van der Waals surface area (Å²) < 4.78 is 16.2. The van der Waals surface area contributed by atoms with Gasteiger partial charge in [-0.25, -0.2) is 0 Å². The Kier molecular flexibility index (Phi) is 47.4. The Morgan fingerprint density at radius 3 is 0.641 bits per heavy atom. The third-order valence-electron chi connectivity index (χ3n) is 4.43. The van der Waals surface area contributed by atoms with E-state index in [1.54, 1.807) is 0 Å². The van der Waals surface area contributed by atoms with Crippen molar-refractivity contribution < 1.29 is 236 Å². The normalized spacial score (nSPS) is 18.7. The van der Waals surface area contributed by atoms with E-state index in [1.807, 2.05) is 0 Å². The van der Waals surface area contributed by atoms with Crippen molar-refractivity contribution >= 4 is 23.8 Å². The van der Waals surface area contributed by atoms with Crippen LogP contribution in [-0.2, 0) is 14.2 Å². The Hall–Kier alpha value is 6.69. The zero-order valence-corrected chi connectivity index (χ0v) is 38.9. The second-order valence-electron chi connectivity index (χ2n) is 7.45. The maximum atomic E-state index is 11.1. The Bertz CT molecular complexity index is 456. The summed E-state index contributed by atoms with van der Waals surface area (Å²) in [4.78, 5) is 104. The first-order valence-electron chi connectivity index (χ1n) is 10.2. The van der Waals surface area contributed by atoms with Gasteiger partial charge in [0.1, 0.15) is 0 Å². The third kappa shape index (κ3) is 39.0. The van der Waals surface area contributed by atoms with E-state index in [1.165, 1.54) is 14.7 Å². The molecule has 1 aliphatic rings. The van der Waals surface area contributed by atoms with Gasteiger partial charge >= 0.3 is 177 Å². The number of hydrogen-bond acceptors (Lipinski definition) is 15. The molecule has 0 radical (unpaired) electrons. The molecule has 0 aromatic rings. The number of hydrogen-bond donors (Lipinski definition) is 0. The summed E-state index contributed by atoms with van der Waals surface area (Å²) in [6, 6.07) is 0. The van der Waals surface area contributed by atoms with Crippen LogP contribution in [0.5, 0.6) is 0 Å². The van der Waals surface area contributed by atoms with Crippen LogP contribution in [0.4, 0.5) is 0 Å². The molecule has 0 atom stereocenters. The third-order valence-corrected chi connectivity index (χ3v) is 6.67. The van der Waals surface area contributed by atoms with Crippen molar-refractivity contribution in [3.05, 3.63) is 0 Å². The maximum Gasteiger partial charge on any atom is 1.00 e. The number of nitrogens with zero attached hydrogens (tertiary/aromatic N) is 3. The predicted molar refractivity (Wildman–Crippen MR) is 103 cm³/mol. The van der Waals surface area contributed by atoms with E-state index in [2.05, 4.69) is 0 Å². The van der Waals surface area contributed by atoms with Gasteiger partial charge in [0.2, 0.25) is 0 Å². The van der Waals surface area contributed by atoms with E-state index in [4.69, 9.17) is 14.2 Å². The average molecular weight is 675 g/mol. The monoisotopic (exact) mass is 675 g/mol. The molecule has 1 fully saturated rings. The minimum absolute atomic E-state index is 0. The largest absolute Gasteiger partial charge is 1.00 e. The Morgan fingerprint density at radius 1 is 0.359 bits per heavy atom. The molecular formula is C15H30N3Na6O12P3. The summed E-state index contributed by atoms with van der Waals surface area (Å²) in [5.74, 6) is 0. The van der Waals surface area contributed by atoms with Gasteiger partial charge in [-0.05, 0) is 0 Å². The van der Waals surface area contributed by atoms with E-state index < -0.39 is 42.7 Å². The molecule has 1 saturated heterocycles. The van der Waals surface area contributed by atoms with Crippen molar-refractivity contribution in [1.82, 2.24) is 14.7 Å². The molecule has 0 amide bonds. The minimum atomic E-state index is -4.83. The van der Waals surface area contributed by atoms with Crippen molar-refractivity contribution in [3.63, 3.8) is 0 Å². The molecular weight excluding hydrogens is 645 g/mol. The fraction of sp³-hybridized carbons (Fsp3) is 1.00. The van der Waals surface area contributed by atoms with Crippen LogP contribution in [0.3, 0.4) is 0 Å². The average Bonchev–Trinajstić information content (AvgIpc) is 2.62. The van der Waals surface area contributed by atoms with Gasteiger partial charge < -0.3 is 58.3 Å². The van der Waals surface area contributed by atoms with Crippen LogP contribution in [0, 0.1) is 0 Å². The summed E-state index contributed by atoms with van der Waals surface area (Å²) in [5, 5.41) is 0. The molecule has 0 N–H and O–H groups in total. The molecule has 39 heavy (non-hydrogen) atoms. The molecule has 1 aliphatic heterocycles. The van der Waals surface area contributed by atoms with Crippen LogP contribution in [0.25, 0.3) is 0 Å². The van der Waals surface area contributed by atoms with Gasteiger partial charge in [-0.2, -0.15) is 0 Å². The predicted octanol–water partition coefficient (Wildman–Crippen LogP) is -26.6. The fourth-order valence-corrected chi connectivity index (χ4v) is 5.28. The quantitative estimate of drug-likeness (QED) is 0.187. The van der Waals surface area contributed by atoms with Gasteiger partial charge in [0.25, 0.3) is 0 Å². The summed E-state index contributed by atoms with van der Waals surface area (Å²) >= 11 is 0. The molecule has 15 nitrogen and oxygen atoms in total.